The number of benzene rings is 1. The molecule has 0 aromatic heterocycles. The van der Waals surface area contributed by atoms with E-state index in [1.807, 2.05) is 44.3 Å². The second-order valence-electron chi connectivity index (χ2n) is 5.53. The standard InChI is InChI=1S/C16H22N4O2/c1-12(13-6-4-3-5-7-13)17-15(21)16(22)19-18-14-8-10-20(2)11-9-14/h3-7,12H,8-11H2,1-2H3,(H,17,21)(H,19,22). The smallest absolute Gasteiger partial charge is 0.329 e. The molecule has 2 N–H and O–H groups in total. The molecule has 2 amide bonds. The average Bonchev–Trinajstić information content (AvgIpc) is 2.54. The van der Waals surface area contributed by atoms with Crippen LogP contribution < -0.4 is 10.7 Å². The minimum absolute atomic E-state index is 0.226. The minimum Gasteiger partial charge on any atom is -0.341 e. The van der Waals surface area contributed by atoms with Crippen molar-refractivity contribution < 1.29 is 9.59 Å². The molecule has 1 fully saturated rings. The molecule has 0 radical (unpaired) electrons. The van der Waals surface area contributed by atoms with Gasteiger partial charge in [-0.05, 0) is 19.5 Å². The molecule has 2 rings (SSSR count). The van der Waals surface area contributed by atoms with Gasteiger partial charge >= 0.3 is 11.8 Å². The zero-order chi connectivity index (χ0) is 15.9. The topological polar surface area (TPSA) is 73.8 Å². The summed E-state index contributed by atoms with van der Waals surface area (Å²) in [5.41, 5.74) is 4.22. The first-order chi connectivity index (χ1) is 10.6. The highest BCUT2D eigenvalue weighted by molar-refractivity contribution is 6.35. The Balaban J connectivity index is 1.82. The normalized spacial score (nSPS) is 16.7. The first-order valence-electron chi connectivity index (χ1n) is 7.46. The van der Waals surface area contributed by atoms with E-state index in [0.29, 0.717) is 0 Å². The lowest BCUT2D eigenvalue weighted by Crippen LogP contribution is -2.40. The Hall–Kier alpha value is -2.21. The van der Waals surface area contributed by atoms with Crippen LogP contribution in [0.5, 0.6) is 0 Å². The van der Waals surface area contributed by atoms with Crippen LogP contribution in [0.1, 0.15) is 31.4 Å². The molecule has 1 aliphatic heterocycles. The van der Waals surface area contributed by atoms with Crippen LogP contribution in [-0.2, 0) is 9.59 Å². The van der Waals surface area contributed by atoms with Crippen molar-refractivity contribution >= 4 is 17.5 Å². The largest absolute Gasteiger partial charge is 0.341 e. The molecular weight excluding hydrogens is 280 g/mol. The Kier molecular flexibility index (Phi) is 5.66. The second kappa shape index (κ2) is 7.70. The molecule has 0 aliphatic carbocycles. The molecule has 1 aliphatic rings. The number of likely N-dealkylation sites (tertiary alicyclic amines) is 1. The quantitative estimate of drug-likeness (QED) is 0.648. The molecule has 0 bridgehead atoms. The van der Waals surface area contributed by atoms with Gasteiger partial charge in [-0.25, -0.2) is 5.43 Å². The van der Waals surface area contributed by atoms with Gasteiger partial charge in [0.05, 0.1) is 6.04 Å². The summed E-state index contributed by atoms with van der Waals surface area (Å²) in [5, 5.41) is 6.71. The molecule has 6 heteroatoms. The van der Waals surface area contributed by atoms with E-state index in [4.69, 9.17) is 0 Å². The summed E-state index contributed by atoms with van der Waals surface area (Å²) >= 11 is 0. The van der Waals surface area contributed by atoms with Crippen molar-refractivity contribution in [3.05, 3.63) is 35.9 Å². The summed E-state index contributed by atoms with van der Waals surface area (Å²) in [6, 6.07) is 9.27. The number of carbonyl (C=O) groups is 2. The molecule has 6 nitrogen and oxygen atoms in total. The predicted octanol–water partition coefficient (Wildman–Crippen LogP) is 1.06. The molecule has 1 heterocycles. The first kappa shape index (κ1) is 16.2. The SMILES string of the molecule is CC(NC(=O)C(=O)NN=C1CCN(C)CC1)c1ccccc1. The molecule has 1 aromatic rings. The fraction of sp³-hybridized carbons (Fsp3) is 0.438. The molecule has 22 heavy (non-hydrogen) atoms. The fourth-order valence-electron chi connectivity index (χ4n) is 2.26. The van der Waals surface area contributed by atoms with Gasteiger partial charge in [-0.3, -0.25) is 9.59 Å². The molecule has 1 saturated heterocycles. The van der Waals surface area contributed by atoms with Crippen LogP contribution in [0.3, 0.4) is 0 Å². The molecular formula is C16H22N4O2. The number of nitrogens with one attached hydrogen (secondary N) is 2. The number of hydrogen-bond donors (Lipinski definition) is 2. The lowest BCUT2D eigenvalue weighted by atomic mass is 10.1. The Bertz CT molecular complexity index is 547. The van der Waals surface area contributed by atoms with Gasteiger partial charge < -0.3 is 10.2 Å². The van der Waals surface area contributed by atoms with E-state index >= 15 is 0 Å². The van der Waals surface area contributed by atoms with Crippen LogP contribution in [0.4, 0.5) is 0 Å². The molecule has 1 unspecified atom stereocenters. The highest BCUT2D eigenvalue weighted by Gasteiger charge is 2.17. The van der Waals surface area contributed by atoms with Crippen molar-refractivity contribution in [3.63, 3.8) is 0 Å². The van der Waals surface area contributed by atoms with E-state index in [-0.39, 0.29) is 6.04 Å². The number of piperidine rings is 1. The average molecular weight is 302 g/mol. The van der Waals surface area contributed by atoms with E-state index in [9.17, 15) is 9.59 Å². The van der Waals surface area contributed by atoms with Crippen molar-refractivity contribution in [2.75, 3.05) is 20.1 Å². The third-order valence-electron chi connectivity index (χ3n) is 3.73. The van der Waals surface area contributed by atoms with Crippen molar-refractivity contribution in [2.45, 2.75) is 25.8 Å². The summed E-state index contributed by atoms with van der Waals surface area (Å²) in [7, 11) is 2.05. The molecule has 118 valence electrons. The number of rotatable bonds is 3. The zero-order valence-electron chi connectivity index (χ0n) is 13.0. The zero-order valence-corrected chi connectivity index (χ0v) is 13.0. The van der Waals surface area contributed by atoms with Crippen LogP contribution in [0.15, 0.2) is 35.4 Å². The van der Waals surface area contributed by atoms with Crippen LogP contribution in [0, 0.1) is 0 Å². The van der Waals surface area contributed by atoms with Crippen LogP contribution >= 0.6 is 0 Å². The van der Waals surface area contributed by atoms with E-state index in [1.165, 1.54) is 0 Å². The second-order valence-corrected chi connectivity index (χ2v) is 5.53. The van der Waals surface area contributed by atoms with E-state index in [0.717, 1.165) is 37.2 Å². The molecule has 1 aromatic carbocycles. The Morgan fingerprint density at radius 2 is 1.77 bits per heavy atom. The molecule has 1 atom stereocenters. The van der Waals surface area contributed by atoms with Crippen molar-refractivity contribution in [3.8, 4) is 0 Å². The maximum Gasteiger partial charge on any atom is 0.329 e. The lowest BCUT2D eigenvalue weighted by molar-refractivity contribution is -0.139. The monoisotopic (exact) mass is 302 g/mol. The van der Waals surface area contributed by atoms with Gasteiger partial charge in [0.25, 0.3) is 0 Å². The van der Waals surface area contributed by atoms with Crippen LogP contribution in [0.25, 0.3) is 0 Å². The predicted molar refractivity (Wildman–Crippen MR) is 85.3 cm³/mol. The number of hydrogen-bond acceptors (Lipinski definition) is 4. The van der Waals surface area contributed by atoms with Gasteiger partial charge in [-0.15, -0.1) is 0 Å². The van der Waals surface area contributed by atoms with Gasteiger partial charge in [0.15, 0.2) is 0 Å². The number of hydrazone groups is 1. The maximum atomic E-state index is 11.9. The van der Waals surface area contributed by atoms with E-state index in [1.54, 1.807) is 0 Å². The van der Waals surface area contributed by atoms with E-state index in [2.05, 4.69) is 20.7 Å². The Labute approximate surface area is 130 Å². The van der Waals surface area contributed by atoms with Gasteiger partial charge in [-0.2, -0.15) is 5.10 Å². The third kappa shape index (κ3) is 4.66. The summed E-state index contributed by atoms with van der Waals surface area (Å²) in [6.45, 7) is 3.68. The van der Waals surface area contributed by atoms with Crippen molar-refractivity contribution in [2.24, 2.45) is 5.10 Å². The van der Waals surface area contributed by atoms with Crippen LogP contribution in [-0.4, -0.2) is 42.6 Å². The number of carbonyl (C=O) groups excluding carboxylic acids is 2. The van der Waals surface area contributed by atoms with Gasteiger partial charge in [0.2, 0.25) is 0 Å². The summed E-state index contributed by atoms with van der Waals surface area (Å²) in [4.78, 5) is 25.8. The first-order valence-corrected chi connectivity index (χ1v) is 7.46. The van der Waals surface area contributed by atoms with Gasteiger partial charge in [0, 0.05) is 31.6 Å². The number of nitrogens with zero attached hydrogens (tertiary/aromatic N) is 2. The summed E-state index contributed by atoms with van der Waals surface area (Å²) in [6.07, 6.45) is 1.64. The fourth-order valence-corrected chi connectivity index (χ4v) is 2.26. The third-order valence-corrected chi connectivity index (χ3v) is 3.73. The highest BCUT2D eigenvalue weighted by Crippen LogP contribution is 2.10. The van der Waals surface area contributed by atoms with Gasteiger partial charge in [-0.1, -0.05) is 30.3 Å². The highest BCUT2D eigenvalue weighted by atomic mass is 16.2. The van der Waals surface area contributed by atoms with Gasteiger partial charge in [0.1, 0.15) is 0 Å². The summed E-state index contributed by atoms with van der Waals surface area (Å²) < 4.78 is 0. The Morgan fingerprint density at radius 3 is 2.41 bits per heavy atom. The van der Waals surface area contributed by atoms with Crippen LogP contribution in [0.2, 0.25) is 0 Å². The number of amides is 2. The van der Waals surface area contributed by atoms with E-state index < -0.39 is 11.8 Å². The van der Waals surface area contributed by atoms with Crippen molar-refractivity contribution in [1.29, 1.82) is 0 Å². The molecule has 0 saturated carbocycles. The summed E-state index contributed by atoms with van der Waals surface area (Å²) in [5.74, 6) is -1.40. The van der Waals surface area contributed by atoms with Crippen molar-refractivity contribution in [1.82, 2.24) is 15.6 Å². The lowest BCUT2D eigenvalue weighted by Gasteiger charge is -2.22. The molecule has 0 spiro atoms. The Morgan fingerprint density at radius 1 is 1.14 bits per heavy atom. The minimum atomic E-state index is -0.728. The maximum absolute atomic E-state index is 11.9.